The first-order chi connectivity index (χ1) is 12.8. The monoisotopic (exact) mass is 337 g/mol. The fourth-order valence-electron chi connectivity index (χ4n) is 3.09. The van der Waals surface area contributed by atoms with Crippen LogP contribution in [0.15, 0.2) is 85.2 Å². The maximum absolute atomic E-state index is 10.8. The maximum atomic E-state index is 10.8. The number of aromatic nitrogens is 1. The first kappa shape index (κ1) is 16.1. The Morgan fingerprint density at radius 1 is 0.846 bits per heavy atom. The number of rotatable bonds is 3. The lowest BCUT2D eigenvalue weighted by atomic mass is 9.98. The third-order valence-corrected chi connectivity index (χ3v) is 4.47. The van der Waals surface area contributed by atoms with Crippen molar-refractivity contribution in [2.45, 2.75) is 13.0 Å². The summed E-state index contributed by atoms with van der Waals surface area (Å²) in [4.78, 5) is 0. The Balaban J connectivity index is 1.64. The van der Waals surface area contributed by atoms with Gasteiger partial charge in [-0.2, -0.15) is 0 Å². The predicted octanol–water partition coefficient (Wildman–Crippen LogP) is 4.99. The van der Waals surface area contributed by atoms with Gasteiger partial charge in [0, 0.05) is 29.8 Å². The van der Waals surface area contributed by atoms with E-state index in [4.69, 9.17) is 0 Å². The van der Waals surface area contributed by atoms with Crippen LogP contribution in [0.5, 0.6) is 5.75 Å². The van der Waals surface area contributed by atoms with Gasteiger partial charge >= 0.3 is 0 Å². The van der Waals surface area contributed by atoms with E-state index in [1.165, 1.54) is 5.56 Å². The minimum absolute atomic E-state index is 0.348. The van der Waals surface area contributed by atoms with E-state index in [-0.39, 0.29) is 0 Å². The predicted molar refractivity (Wildman–Crippen MR) is 106 cm³/mol. The van der Waals surface area contributed by atoms with Crippen molar-refractivity contribution in [1.29, 1.82) is 0 Å². The van der Waals surface area contributed by atoms with Crippen molar-refractivity contribution in [2.75, 3.05) is 0 Å². The van der Waals surface area contributed by atoms with Gasteiger partial charge in [-0.05, 0) is 40.8 Å². The smallest absolute Gasteiger partial charge is 0.126 e. The molecule has 1 N–H and O–H groups in total. The quantitative estimate of drug-likeness (QED) is 0.524. The van der Waals surface area contributed by atoms with Gasteiger partial charge in [-0.3, -0.25) is 0 Å². The fourth-order valence-corrected chi connectivity index (χ4v) is 3.09. The number of hydrogen-bond donors (Lipinski definition) is 1. The molecule has 0 amide bonds. The largest absolute Gasteiger partial charge is 0.507 e. The van der Waals surface area contributed by atoms with E-state index < -0.39 is 0 Å². The van der Waals surface area contributed by atoms with Crippen LogP contribution in [0.2, 0.25) is 0 Å². The Kier molecular flexibility index (Phi) is 4.45. The van der Waals surface area contributed by atoms with E-state index in [2.05, 4.69) is 30.0 Å². The van der Waals surface area contributed by atoms with Crippen LogP contribution >= 0.6 is 0 Å². The van der Waals surface area contributed by atoms with Crippen LogP contribution in [0.4, 0.5) is 0 Å². The molecule has 0 atom stereocenters. The zero-order chi connectivity index (χ0) is 17.8. The number of aromatic hydroxyl groups is 1. The number of phenols is 1. The molecule has 0 aliphatic rings. The summed E-state index contributed by atoms with van der Waals surface area (Å²) < 4.78 is 2.03. The highest BCUT2D eigenvalue weighted by Crippen LogP contribution is 2.31. The zero-order valence-corrected chi connectivity index (χ0v) is 14.4. The summed E-state index contributed by atoms with van der Waals surface area (Å²) in [6.07, 6.45) is 4.71. The Bertz CT molecular complexity index is 1080. The van der Waals surface area contributed by atoms with Crippen molar-refractivity contribution in [3.63, 3.8) is 0 Å². The molecule has 2 nitrogen and oxygen atoms in total. The van der Waals surface area contributed by atoms with Gasteiger partial charge in [0.2, 0.25) is 0 Å². The molecule has 0 spiro atoms. The second-order valence-electron chi connectivity index (χ2n) is 6.33. The molecule has 2 heteroatoms. The second-order valence-corrected chi connectivity index (χ2v) is 6.33. The lowest BCUT2D eigenvalue weighted by Gasteiger charge is -2.09. The second kappa shape index (κ2) is 7.21. The number of nitrogens with zero attached hydrogens (tertiary/aromatic N) is 1. The summed E-state index contributed by atoms with van der Waals surface area (Å²) in [5.41, 5.74) is 3.03. The highest BCUT2D eigenvalue weighted by atomic mass is 16.3. The third kappa shape index (κ3) is 3.48. The Labute approximate surface area is 153 Å². The molecule has 4 rings (SSSR count). The van der Waals surface area contributed by atoms with Crippen LogP contribution in [-0.4, -0.2) is 9.67 Å². The lowest BCUT2D eigenvalue weighted by molar-refractivity contribution is 0.476. The molecule has 0 saturated carbocycles. The Morgan fingerprint density at radius 3 is 2.42 bits per heavy atom. The standard InChI is InChI=1S/C24H19NO/c26-24-22(17-19-7-2-1-3-8-19)13-12-21-11-10-20(18-23(21)24)9-6-16-25-14-4-5-15-25/h1-5,7-8,10-15,18,26H,16-17H2. The summed E-state index contributed by atoms with van der Waals surface area (Å²) in [7, 11) is 0. The highest BCUT2D eigenvalue weighted by Gasteiger charge is 2.07. The molecule has 1 heterocycles. The molecule has 0 fully saturated rings. The fraction of sp³-hybridized carbons (Fsp3) is 0.0833. The Morgan fingerprint density at radius 2 is 1.62 bits per heavy atom. The SMILES string of the molecule is Oc1c(Cc2ccccc2)ccc2ccc(C#CCn3cccc3)cc12. The molecule has 4 aromatic rings. The van der Waals surface area contributed by atoms with Crippen LogP contribution in [0.25, 0.3) is 10.8 Å². The van der Waals surface area contributed by atoms with Gasteiger partial charge in [0.25, 0.3) is 0 Å². The summed E-state index contributed by atoms with van der Waals surface area (Å²) in [5.74, 6) is 6.71. The summed E-state index contributed by atoms with van der Waals surface area (Å²) in [6.45, 7) is 0.658. The summed E-state index contributed by atoms with van der Waals surface area (Å²) in [6, 6.07) is 24.2. The van der Waals surface area contributed by atoms with Crippen molar-refractivity contribution in [1.82, 2.24) is 4.57 Å². The highest BCUT2D eigenvalue weighted by molar-refractivity contribution is 5.90. The van der Waals surface area contributed by atoms with Gasteiger partial charge in [-0.15, -0.1) is 0 Å². The van der Waals surface area contributed by atoms with Crippen LogP contribution < -0.4 is 0 Å². The Hall–Kier alpha value is -3.44. The van der Waals surface area contributed by atoms with Crippen LogP contribution in [0.1, 0.15) is 16.7 Å². The van der Waals surface area contributed by atoms with Gasteiger partial charge < -0.3 is 9.67 Å². The molecule has 0 saturated heterocycles. The van der Waals surface area contributed by atoms with E-state index in [1.807, 2.05) is 71.6 Å². The van der Waals surface area contributed by atoms with Crippen molar-refractivity contribution in [3.8, 4) is 17.6 Å². The average molecular weight is 337 g/mol. The molecule has 26 heavy (non-hydrogen) atoms. The number of hydrogen-bond acceptors (Lipinski definition) is 1. The van der Waals surface area contributed by atoms with E-state index >= 15 is 0 Å². The zero-order valence-electron chi connectivity index (χ0n) is 14.4. The van der Waals surface area contributed by atoms with Crippen molar-refractivity contribution in [2.24, 2.45) is 0 Å². The molecule has 0 bridgehead atoms. The van der Waals surface area contributed by atoms with Crippen LogP contribution in [0.3, 0.4) is 0 Å². The van der Waals surface area contributed by atoms with E-state index in [0.29, 0.717) is 18.7 Å². The molecule has 126 valence electrons. The van der Waals surface area contributed by atoms with Gasteiger partial charge in [0.05, 0.1) is 6.54 Å². The first-order valence-electron chi connectivity index (χ1n) is 8.68. The lowest BCUT2D eigenvalue weighted by Crippen LogP contribution is -1.91. The van der Waals surface area contributed by atoms with Crippen molar-refractivity contribution >= 4 is 10.8 Å². The normalized spacial score (nSPS) is 10.5. The summed E-state index contributed by atoms with van der Waals surface area (Å²) in [5, 5.41) is 12.6. The molecule has 3 aromatic carbocycles. The summed E-state index contributed by atoms with van der Waals surface area (Å²) >= 11 is 0. The number of phenolic OH excluding ortho intramolecular Hbond substituents is 1. The van der Waals surface area contributed by atoms with Crippen LogP contribution in [-0.2, 0) is 13.0 Å². The van der Waals surface area contributed by atoms with Gasteiger partial charge in [-0.25, -0.2) is 0 Å². The molecule has 1 aromatic heterocycles. The maximum Gasteiger partial charge on any atom is 0.126 e. The molecule has 0 aliphatic heterocycles. The van der Waals surface area contributed by atoms with Crippen molar-refractivity contribution in [3.05, 3.63) is 102 Å². The van der Waals surface area contributed by atoms with Gasteiger partial charge in [0.15, 0.2) is 0 Å². The van der Waals surface area contributed by atoms with Gasteiger partial charge in [-0.1, -0.05) is 60.4 Å². The average Bonchev–Trinajstić information content (AvgIpc) is 3.19. The van der Waals surface area contributed by atoms with E-state index in [9.17, 15) is 5.11 Å². The molecule has 0 unspecified atom stereocenters. The van der Waals surface area contributed by atoms with Crippen molar-refractivity contribution < 1.29 is 5.11 Å². The number of fused-ring (bicyclic) bond motifs is 1. The molecule has 0 aliphatic carbocycles. The number of benzene rings is 3. The van der Waals surface area contributed by atoms with Gasteiger partial charge in [0.1, 0.15) is 5.75 Å². The molecular weight excluding hydrogens is 318 g/mol. The first-order valence-corrected chi connectivity index (χ1v) is 8.68. The third-order valence-electron chi connectivity index (χ3n) is 4.47. The minimum Gasteiger partial charge on any atom is -0.507 e. The molecule has 0 radical (unpaired) electrons. The topological polar surface area (TPSA) is 25.2 Å². The molecular formula is C24H19NO. The van der Waals surface area contributed by atoms with E-state index in [1.54, 1.807) is 0 Å². The van der Waals surface area contributed by atoms with E-state index in [0.717, 1.165) is 21.9 Å². The minimum atomic E-state index is 0.348. The van der Waals surface area contributed by atoms with Crippen LogP contribution in [0, 0.1) is 11.8 Å².